The Morgan fingerprint density at radius 1 is 1.12 bits per heavy atom. The maximum absolute atomic E-state index is 6.24. The van der Waals surface area contributed by atoms with E-state index in [1.807, 2.05) is 11.3 Å². The molecule has 3 heteroatoms. The highest BCUT2D eigenvalue weighted by molar-refractivity contribution is 7.13. The summed E-state index contributed by atoms with van der Waals surface area (Å²) in [4.78, 5) is 3.89. The Morgan fingerprint density at radius 3 is 2.38 bits per heavy atom. The first-order chi connectivity index (χ1) is 7.48. The van der Waals surface area contributed by atoms with Gasteiger partial charge in [0.1, 0.15) is 0 Å². The molecular weight excluding hydrogens is 234 g/mol. The van der Waals surface area contributed by atoms with Gasteiger partial charge in [-0.05, 0) is 29.0 Å². The fraction of sp³-hybridized carbons (Fsp3) is 0.385. The Kier molecular flexibility index (Phi) is 3.19. The van der Waals surface area contributed by atoms with Crippen LogP contribution in [0.25, 0.3) is 0 Å². The summed E-state index contributed by atoms with van der Waals surface area (Å²) in [5.41, 5.74) is 6.46. The van der Waals surface area contributed by atoms with Crippen LogP contribution in [-0.4, -0.2) is 0 Å². The molecule has 16 heavy (non-hydrogen) atoms. The third-order valence-electron chi connectivity index (χ3n) is 2.52. The molecule has 2 N–H and O–H groups in total. The molecule has 0 aliphatic heterocycles. The molecule has 0 aromatic carbocycles. The van der Waals surface area contributed by atoms with Crippen LogP contribution in [0.1, 0.15) is 41.4 Å². The van der Waals surface area contributed by atoms with Crippen molar-refractivity contribution in [3.8, 4) is 0 Å². The lowest BCUT2D eigenvalue weighted by atomic mass is 9.95. The molecule has 1 unspecified atom stereocenters. The van der Waals surface area contributed by atoms with Gasteiger partial charge in [0.2, 0.25) is 0 Å². The van der Waals surface area contributed by atoms with Crippen LogP contribution >= 0.6 is 22.7 Å². The summed E-state index contributed by atoms with van der Waals surface area (Å²) in [6, 6.07) is 8.56. The fourth-order valence-electron chi connectivity index (χ4n) is 1.53. The van der Waals surface area contributed by atoms with Gasteiger partial charge < -0.3 is 5.73 Å². The van der Waals surface area contributed by atoms with Crippen LogP contribution in [0.5, 0.6) is 0 Å². The first-order valence-corrected chi connectivity index (χ1v) is 7.07. The van der Waals surface area contributed by atoms with Crippen LogP contribution in [-0.2, 0) is 5.41 Å². The van der Waals surface area contributed by atoms with Crippen LogP contribution < -0.4 is 5.73 Å². The van der Waals surface area contributed by atoms with E-state index in [9.17, 15) is 0 Å². The van der Waals surface area contributed by atoms with Crippen LogP contribution in [0.4, 0.5) is 0 Å². The van der Waals surface area contributed by atoms with E-state index < -0.39 is 0 Å². The van der Waals surface area contributed by atoms with Crippen molar-refractivity contribution in [1.29, 1.82) is 0 Å². The quantitative estimate of drug-likeness (QED) is 0.852. The molecule has 0 fully saturated rings. The molecule has 0 radical (unpaired) electrons. The van der Waals surface area contributed by atoms with Gasteiger partial charge in [-0.25, -0.2) is 0 Å². The van der Waals surface area contributed by atoms with Gasteiger partial charge in [-0.1, -0.05) is 26.8 Å². The van der Waals surface area contributed by atoms with Crippen LogP contribution in [0.2, 0.25) is 0 Å². The van der Waals surface area contributed by atoms with Crippen molar-refractivity contribution < 1.29 is 0 Å². The van der Waals surface area contributed by atoms with E-state index in [1.54, 1.807) is 11.3 Å². The lowest BCUT2D eigenvalue weighted by molar-refractivity contribution is 0.604. The van der Waals surface area contributed by atoms with Crippen LogP contribution in [0.3, 0.4) is 0 Å². The van der Waals surface area contributed by atoms with Crippen molar-refractivity contribution in [3.05, 3.63) is 44.3 Å². The maximum atomic E-state index is 6.24. The smallest absolute Gasteiger partial charge is 0.0740 e. The van der Waals surface area contributed by atoms with E-state index in [-0.39, 0.29) is 11.5 Å². The Hall–Kier alpha value is -0.640. The molecule has 2 rings (SSSR count). The van der Waals surface area contributed by atoms with E-state index in [2.05, 4.69) is 50.4 Å². The third kappa shape index (κ3) is 2.37. The predicted molar refractivity (Wildman–Crippen MR) is 73.4 cm³/mol. The molecule has 1 nitrogen and oxygen atoms in total. The van der Waals surface area contributed by atoms with E-state index in [0.29, 0.717) is 0 Å². The molecule has 2 aromatic rings. The molecule has 0 spiro atoms. The van der Waals surface area contributed by atoms with E-state index >= 15 is 0 Å². The first kappa shape index (κ1) is 11.8. The van der Waals surface area contributed by atoms with Crippen molar-refractivity contribution in [2.45, 2.75) is 32.2 Å². The molecule has 1 atom stereocenters. The third-order valence-corrected chi connectivity index (χ3v) is 5.07. The SMILES string of the molecule is CC(C)(C)c1ccc(C(N)c2cccs2)s1. The lowest BCUT2D eigenvalue weighted by Crippen LogP contribution is -2.09. The predicted octanol–water partition coefficient (Wildman–Crippen LogP) is 4.16. The summed E-state index contributed by atoms with van der Waals surface area (Å²) in [7, 11) is 0. The normalized spacial score (nSPS) is 14.0. The number of nitrogens with two attached hydrogens (primary N) is 1. The van der Waals surface area contributed by atoms with Crippen LogP contribution in [0.15, 0.2) is 29.6 Å². The molecule has 0 saturated heterocycles. The average molecular weight is 251 g/mol. The summed E-state index contributed by atoms with van der Waals surface area (Å²) in [6.07, 6.45) is 0. The Morgan fingerprint density at radius 2 is 1.88 bits per heavy atom. The second-order valence-electron chi connectivity index (χ2n) is 4.95. The van der Waals surface area contributed by atoms with E-state index in [1.165, 1.54) is 14.6 Å². The van der Waals surface area contributed by atoms with Gasteiger partial charge in [-0.15, -0.1) is 22.7 Å². The highest BCUT2D eigenvalue weighted by atomic mass is 32.1. The highest BCUT2D eigenvalue weighted by Crippen LogP contribution is 2.34. The molecule has 0 bridgehead atoms. The molecule has 86 valence electrons. The highest BCUT2D eigenvalue weighted by Gasteiger charge is 2.19. The minimum absolute atomic E-state index is 0.0427. The minimum Gasteiger partial charge on any atom is -0.319 e. The number of thiophene rings is 2. The number of rotatable bonds is 2. The largest absolute Gasteiger partial charge is 0.319 e. The van der Waals surface area contributed by atoms with E-state index in [0.717, 1.165) is 0 Å². The maximum Gasteiger partial charge on any atom is 0.0740 e. The van der Waals surface area contributed by atoms with Crippen molar-refractivity contribution in [3.63, 3.8) is 0 Å². The van der Waals surface area contributed by atoms with Crippen LogP contribution in [0, 0.1) is 0 Å². The van der Waals surface area contributed by atoms with Crippen molar-refractivity contribution in [2.24, 2.45) is 5.73 Å². The molecule has 0 aliphatic carbocycles. The topological polar surface area (TPSA) is 26.0 Å². The van der Waals surface area contributed by atoms with Gasteiger partial charge in [-0.2, -0.15) is 0 Å². The summed E-state index contributed by atoms with van der Waals surface area (Å²) < 4.78 is 0. The summed E-state index contributed by atoms with van der Waals surface area (Å²) in [6.45, 7) is 6.71. The Labute approximate surface area is 105 Å². The van der Waals surface area contributed by atoms with Gasteiger partial charge in [0.05, 0.1) is 6.04 Å². The zero-order valence-electron chi connectivity index (χ0n) is 9.86. The van der Waals surface area contributed by atoms with E-state index in [4.69, 9.17) is 5.73 Å². The number of hydrogen-bond donors (Lipinski definition) is 1. The second-order valence-corrected chi connectivity index (χ2v) is 7.04. The Balaban J connectivity index is 2.26. The Bertz CT molecular complexity index is 448. The average Bonchev–Trinajstić information content (AvgIpc) is 2.87. The number of hydrogen-bond acceptors (Lipinski definition) is 3. The summed E-state index contributed by atoms with van der Waals surface area (Å²) in [5, 5.41) is 2.08. The monoisotopic (exact) mass is 251 g/mol. The standard InChI is InChI=1S/C13H17NS2/c1-13(2,3)11-7-6-10(16-11)12(14)9-5-4-8-15-9/h4-8,12H,14H2,1-3H3. The van der Waals surface area contributed by atoms with Crippen molar-refractivity contribution in [2.75, 3.05) is 0 Å². The van der Waals surface area contributed by atoms with Gasteiger partial charge in [0.25, 0.3) is 0 Å². The zero-order valence-corrected chi connectivity index (χ0v) is 11.5. The van der Waals surface area contributed by atoms with Crippen molar-refractivity contribution >= 4 is 22.7 Å². The molecule has 0 amide bonds. The summed E-state index contributed by atoms with van der Waals surface area (Å²) >= 11 is 3.55. The fourth-order valence-corrected chi connectivity index (χ4v) is 3.44. The van der Waals surface area contributed by atoms with Gasteiger partial charge in [0, 0.05) is 14.6 Å². The summed E-state index contributed by atoms with van der Waals surface area (Å²) in [5.74, 6) is 0. The minimum atomic E-state index is 0.0427. The first-order valence-electron chi connectivity index (χ1n) is 5.37. The molecule has 2 heterocycles. The zero-order chi connectivity index (χ0) is 11.8. The molecular formula is C13H17NS2. The van der Waals surface area contributed by atoms with Gasteiger partial charge in [-0.3, -0.25) is 0 Å². The molecule has 0 saturated carbocycles. The molecule has 2 aromatic heterocycles. The van der Waals surface area contributed by atoms with Crippen molar-refractivity contribution in [1.82, 2.24) is 0 Å². The van der Waals surface area contributed by atoms with Gasteiger partial charge in [0.15, 0.2) is 0 Å². The van der Waals surface area contributed by atoms with Gasteiger partial charge >= 0.3 is 0 Å². The lowest BCUT2D eigenvalue weighted by Gasteiger charge is -2.15. The molecule has 0 aliphatic rings. The second kappa shape index (κ2) is 4.32.